The highest BCUT2D eigenvalue weighted by Crippen LogP contribution is 2.35. The van der Waals surface area contributed by atoms with E-state index in [0.29, 0.717) is 16.5 Å². The highest BCUT2D eigenvalue weighted by Gasteiger charge is 2.14. The Kier molecular flexibility index (Phi) is 4.10. The first-order valence-corrected chi connectivity index (χ1v) is 6.03. The minimum absolute atomic E-state index is 0.0478. The fraction of sp³-hybridized carbons (Fsp3) is 0.0714. The van der Waals surface area contributed by atoms with Gasteiger partial charge in [-0.25, -0.2) is 9.18 Å². The maximum Gasteiger partial charge on any atom is 0.337 e. The predicted octanol–water partition coefficient (Wildman–Crippen LogP) is 3.93. The van der Waals surface area contributed by atoms with Crippen LogP contribution in [-0.4, -0.2) is 18.2 Å². The largest absolute Gasteiger partial charge is 0.493 e. The number of hydrogen-bond donors (Lipinski definition) is 2. The molecule has 0 atom stereocenters. The van der Waals surface area contributed by atoms with Crippen LogP contribution >= 0.6 is 11.6 Å². The first kappa shape index (κ1) is 14.1. The Balaban J connectivity index is 2.47. The van der Waals surface area contributed by atoms with E-state index >= 15 is 0 Å². The van der Waals surface area contributed by atoms with E-state index in [1.807, 2.05) is 0 Å². The molecule has 0 fully saturated rings. The van der Waals surface area contributed by atoms with Gasteiger partial charge in [0.1, 0.15) is 5.82 Å². The Morgan fingerprint density at radius 2 is 2.05 bits per heavy atom. The molecule has 0 amide bonds. The molecule has 2 aromatic carbocycles. The summed E-state index contributed by atoms with van der Waals surface area (Å²) in [5.74, 6) is -1.35. The number of ether oxygens (including phenoxy) is 1. The summed E-state index contributed by atoms with van der Waals surface area (Å²) >= 11 is 5.97. The number of nitrogens with one attached hydrogen (secondary N) is 1. The maximum atomic E-state index is 13.3. The molecule has 0 unspecified atom stereocenters. The van der Waals surface area contributed by atoms with E-state index in [-0.39, 0.29) is 11.3 Å². The van der Waals surface area contributed by atoms with Gasteiger partial charge in [-0.05, 0) is 30.3 Å². The minimum atomic E-state index is -1.16. The van der Waals surface area contributed by atoms with Crippen molar-refractivity contribution < 1.29 is 19.0 Å². The summed E-state index contributed by atoms with van der Waals surface area (Å²) in [5, 5.41) is 12.3. The van der Waals surface area contributed by atoms with Crippen molar-refractivity contribution in [2.24, 2.45) is 0 Å². The molecule has 0 aliphatic rings. The van der Waals surface area contributed by atoms with Crippen LogP contribution in [0.5, 0.6) is 5.75 Å². The van der Waals surface area contributed by atoms with Crippen LogP contribution in [-0.2, 0) is 0 Å². The van der Waals surface area contributed by atoms with Crippen LogP contribution in [0.25, 0.3) is 0 Å². The van der Waals surface area contributed by atoms with Crippen molar-refractivity contribution in [3.63, 3.8) is 0 Å². The first-order chi connectivity index (χ1) is 9.52. The molecule has 6 heteroatoms. The van der Waals surface area contributed by atoms with Crippen molar-refractivity contribution in [2.45, 2.75) is 0 Å². The number of halogens is 2. The average molecular weight is 296 g/mol. The zero-order valence-corrected chi connectivity index (χ0v) is 11.2. The number of anilines is 2. The van der Waals surface area contributed by atoms with Crippen LogP contribution < -0.4 is 10.1 Å². The first-order valence-electron chi connectivity index (χ1n) is 5.65. The molecule has 2 N–H and O–H groups in total. The number of carbonyl (C=O) groups is 1. The molecule has 0 spiro atoms. The normalized spacial score (nSPS) is 10.2. The maximum absolute atomic E-state index is 13.3. The SMILES string of the molecule is COc1c(Cl)cccc1Nc1cc(F)ccc1C(=O)O. The third kappa shape index (κ3) is 2.83. The molecule has 0 saturated carbocycles. The molecule has 0 aromatic heterocycles. The van der Waals surface area contributed by atoms with Crippen molar-refractivity contribution in [3.05, 3.63) is 52.8 Å². The van der Waals surface area contributed by atoms with Crippen LogP contribution in [0.1, 0.15) is 10.4 Å². The molecule has 2 aromatic rings. The molecule has 4 nitrogen and oxygen atoms in total. The second-order valence-electron chi connectivity index (χ2n) is 3.94. The Hall–Kier alpha value is -2.27. The topological polar surface area (TPSA) is 58.6 Å². The number of rotatable bonds is 4. The van der Waals surface area contributed by atoms with Gasteiger partial charge in [0.2, 0.25) is 0 Å². The smallest absolute Gasteiger partial charge is 0.337 e. The fourth-order valence-electron chi connectivity index (χ4n) is 1.77. The van der Waals surface area contributed by atoms with Crippen LogP contribution in [0.2, 0.25) is 5.02 Å². The van der Waals surface area contributed by atoms with E-state index in [4.69, 9.17) is 21.4 Å². The molecule has 0 bridgehead atoms. The summed E-state index contributed by atoms with van der Waals surface area (Å²) in [4.78, 5) is 11.1. The minimum Gasteiger partial charge on any atom is -0.493 e. The van der Waals surface area contributed by atoms with E-state index < -0.39 is 11.8 Å². The van der Waals surface area contributed by atoms with E-state index in [9.17, 15) is 9.18 Å². The summed E-state index contributed by atoms with van der Waals surface area (Å²) in [7, 11) is 1.44. The molecular weight excluding hydrogens is 285 g/mol. The summed E-state index contributed by atoms with van der Waals surface area (Å²) in [5.41, 5.74) is 0.527. The van der Waals surface area contributed by atoms with Gasteiger partial charge < -0.3 is 15.2 Å². The van der Waals surface area contributed by atoms with Crippen molar-refractivity contribution in [2.75, 3.05) is 12.4 Å². The lowest BCUT2D eigenvalue weighted by atomic mass is 10.1. The lowest BCUT2D eigenvalue weighted by Gasteiger charge is -2.14. The summed E-state index contributed by atoms with van der Waals surface area (Å²) < 4.78 is 18.4. The molecule has 20 heavy (non-hydrogen) atoms. The number of methoxy groups -OCH3 is 1. The van der Waals surface area contributed by atoms with Crippen LogP contribution in [0, 0.1) is 5.82 Å². The van der Waals surface area contributed by atoms with Crippen molar-refractivity contribution in [1.82, 2.24) is 0 Å². The summed E-state index contributed by atoms with van der Waals surface area (Å²) in [6, 6.07) is 8.34. The third-order valence-corrected chi connectivity index (χ3v) is 2.95. The van der Waals surface area contributed by atoms with Crippen molar-refractivity contribution >= 4 is 28.9 Å². The Labute approximate surface area is 119 Å². The Morgan fingerprint density at radius 3 is 2.70 bits per heavy atom. The number of benzene rings is 2. The lowest BCUT2D eigenvalue weighted by Crippen LogP contribution is -2.04. The zero-order chi connectivity index (χ0) is 14.7. The molecule has 0 radical (unpaired) electrons. The van der Waals surface area contributed by atoms with Crippen LogP contribution in [0.4, 0.5) is 15.8 Å². The number of hydrogen-bond acceptors (Lipinski definition) is 3. The quantitative estimate of drug-likeness (QED) is 0.897. The Morgan fingerprint density at radius 1 is 1.30 bits per heavy atom. The molecule has 0 aliphatic carbocycles. The third-order valence-electron chi connectivity index (χ3n) is 2.65. The fourth-order valence-corrected chi connectivity index (χ4v) is 2.02. The van der Waals surface area contributed by atoms with Crippen LogP contribution in [0.15, 0.2) is 36.4 Å². The summed E-state index contributed by atoms with van der Waals surface area (Å²) in [6.07, 6.45) is 0. The Bertz CT molecular complexity index is 661. The molecule has 104 valence electrons. The molecule has 0 heterocycles. The summed E-state index contributed by atoms with van der Waals surface area (Å²) in [6.45, 7) is 0. The van der Waals surface area contributed by atoms with Crippen molar-refractivity contribution in [1.29, 1.82) is 0 Å². The van der Waals surface area contributed by atoms with Crippen molar-refractivity contribution in [3.8, 4) is 5.75 Å². The molecule has 0 saturated heterocycles. The second-order valence-corrected chi connectivity index (χ2v) is 4.35. The van der Waals surface area contributed by atoms with Gasteiger partial charge in [-0.3, -0.25) is 0 Å². The molecule has 0 aliphatic heterocycles. The molecular formula is C14H11ClFNO3. The predicted molar refractivity (Wildman–Crippen MR) is 74.6 cm³/mol. The lowest BCUT2D eigenvalue weighted by molar-refractivity contribution is 0.0698. The van der Waals surface area contributed by atoms with Gasteiger partial charge in [0.25, 0.3) is 0 Å². The average Bonchev–Trinajstić information content (AvgIpc) is 2.38. The van der Waals surface area contributed by atoms with E-state index in [1.54, 1.807) is 18.2 Å². The monoisotopic (exact) mass is 295 g/mol. The van der Waals surface area contributed by atoms with Crippen LogP contribution in [0.3, 0.4) is 0 Å². The van der Waals surface area contributed by atoms with Gasteiger partial charge in [-0.1, -0.05) is 17.7 Å². The van der Waals surface area contributed by atoms with E-state index in [2.05, 4.69) is 5.32 Å². The van der Waals surface area contributed by atoms with Gasteiger partial charge in [0.05, 0.1) is 29.1 Å². The number of carboxylic acid groups (broad SMARTS) is 1. The van der Waals surface area contributed by atoms with Gasteiger partial charge in [0.15, 0.2) is 5.75 Å². The van der Waals surface area contributed by atoms with E-state index in [1.165, 1.54) is 13.2 Å². The van der Waals surface area contributed by atoms with Gasteiger partial charge >= 0.3 is 5.97 Å². The van der Waals surface area contributed by atoms with Gasteiger partial charge in [-0.2, -0.15) is 0 Å². The highest BCUT2D eigenvalue weighted by molar-refractivity contribution is 6.32. The van der Waals surface area contributed by atoms with E-state index in [0.717, 1.165) is 12.1 Å². The van der Waals surface area contributed by atoms with Gasteiger partial charge in [0, 0.05) is 0 Å². The number of aromatic carboxylic acids is 1. The standard InChI is InChI=1S/C14H11ClFNO3/c1-20-13-10(15)3-2-4-11(13)17-12-7-8(16)5-6-9(12)14(18)19/h2-7,17H,1H3,(H,18,19). The number of para-hydroxylation sites is 1. The highest BCUT2D eigenvalue weighted by atomic mass is 35.5. The number of carboxylic acids is 1. The second kappa shape index (κ2) is 5.79. The molecule has 2 rings (SSSR count). The van der Waals surface area contributed by atoms with Gasteiger partial charge in [-0.15, -0.1) is 0 Å². The zero-order valence-electron chi connectivity index (χ0n) is 10.5.